The second-order valence-corrected chi connectivity index (χ2v) is 6.03. The van der Waals surface area contributed by atoms with E-state index in [1.807, 2.05) is 30.9 Å². The predicted octanol–water partition coefficient (Wildman–Crippen LogP) is 3.35. The Morgan fingerprint density at radius 2 is 2.00 bits per heavy atom. The molecule has 0 aliphatic heterocycles. The molecule has 0 atom stereocenters. The summed E-state index contributed by atoms with van der Waals surface area (Å²) in [7, 11) is 0. The summed E-state index contributed by atoms with van der Waals surface area (Å²) < 4.78 is 2.26. The summed E-state index contributed by atoms with van der Waals surface area (Å²) in [5.41, 5.74) is 7.87. The smallest absolute Gasteiger partial charge is 0.123 e. The lowest BCUT2D eigenvalue weighted by Crippen LogP contribution is -2.17. The van der Waals surface area contributed by atoms with Crippen molar-refractivity contribution in [2.45, 2.75) is 39.2 Å². The second kappa shape index (κ2) is 5.65. The van der Waals surface area contributed by atoms with Crippen molar-refractivity contribution >= 4 is 5.82 Å². The first-order valence-electron chi connectivity index (χ1n) is 7.44. The SMILES string of the molecule is CC1CCC(Cn2cncc2-c2ccc(N)nc2)CC1. The van der Waals surface area contributed by atoms with Crippen LogP contribution in [0.1, 0.15) is 32.6 Å². The van der Waals surface area contributed by atoms with E-state index in [0.29, 0.717) is 5.82 Å². The average Bonchev–Trinajstić information content (AvgIpc) is 2.90. The first-order chi connectivity index (χ1) is 9.72. The zero-order chi connectivity index (χ0) is 13.9. The maximum absolute atomic E-state index is 5.65. The number of nitrogen functional groups attached to an aromatic ring is 1. The number of rotatable bonds is 3. The molecule has 2 N–H and O–H groups in total. The van der Waals surface area contributed by atoms with Crippen molar-refractivity contribution in [1.29, 1.82) is 0 Å². The molecule has 0 bridgehead atoms. The zero-order valence-electron chi connectivity index (χ0n) is 12.0. The molecule has 4 heteroatoms. The Morgan fingerprint density at radius 3 is 2.70 bits per heavy atom. The molecule has 1 fully saturated rings. The molecule has 1 aliphatic rings. The summed E-state index contributed by atoms with van der Waals surface area (Å²) in [5.74, 6) is 2.23. The van der Waals surface area contributed by atoms with Crippen LogP contribution in [0.3, 0.4) is 0 Å². The van der Waals surface area contributed by atoms with Gasteiger partial charge < -0.3 is 10.3 Å². The Labute approximate surface area is 120 Å². The Bertz CT molecular complexity index is 550. The third-order valence-corrected chi connectivity index (χ3v) is 4.38. The number of nitrogens with two attached hydrogens (primary N) is 1. The number of aromatic nitrogens is 3. The van der Waals surface area contributed by atoms with Crippen LogP contribution in [0.2, 0.25) is 0 Å². The van der Waals surface area contributed by atoms with Crippen LogP contribution in [0.15, 0.2) is 30.9 Å². The highest BCUT2D eigenvalue weighted by Gasteiger charge is 2.19. The van der Waals surface area contributed by atoms with Gasteiger partial charge in [-0.15, -0.1) is 0 Å². The van der Waals surface area contributed by atoms with Gasteiger partial charge in [0, 0.05) is 18.3 Å². The largest absolute Gasteiger partial charge is 0.384 e. The van der Waals surface area contributed by atoms with Gasteiger partial charge in [-0.05, 0) is 36.8 Å². The van der Waals surface area contributed by atoms with E-state index in [9.17, 15) is 0 Å². The van der Waals surface area contributed by atoms with Crippen molar-refractivity contribution in [3.8, 4) is 11.3 Å². The van der Waals surface area contributed by atoms with Gasteiger partial charge in [-0.2, -0.15) is 0 Å². The van der Waals surface area contributed by atoms with Gasteiger partial charge in [-0.1, -0.05) is 19.8 Å². The van der Waals surface area contributed by atoms with Gasteiger partial charge in [0.2, 0.25) is 0 Å². The lowest BCUT2D eigenvalue weighted by atomic mass is 9.83. The summed E-state index contributed by atoms with van der Waals surface area (Å²) in [5, 5.41) is 0. The van der Waals surface area contributed by atoms with E-state index in [4.69, 9.17) is 5.73 Å². The lowest BCUT2D eigenvalue weighted by Gasteiger charge is -2.26. The van der Waals surface area contributed by atoms with Crippen molar-refractivity contribution in [2.24, 2.45) is 11.8 Å². The summed E-state index contributed by atoms with van der Waals surface area (Å²) in [6, 6.07) is 3.85. The van der Waals surface area contributed by atoms with Gasteiger partial charge in [-0.25, -0.2) is 9.97 Å². The summed E-state index contributed by atoms with van der Waals surface area (Å²) in [6.45, 7) is 3.42. The molecule has 4 nitrogen and oxygen atoms in total. The average molecular weight is 270 g/mol. The highest BCUT2D eigenvalue weighted by Crippen LogP contribution is 2.30. The second-order valence-electron chi connectivity index (χ2n) is 6.03. The fourth-order valence-corrected chi connectivity index (χ4v) is 3.05. The molecule has 106 valence electrons. The van der Waals surface area contributed by atoms with E-state index in [-0.39, 0.29) is 0 Å². The Kier molecular flexibility index (Phi) is 3.72. The first-order valence-corrected chi connectivity index (χ1v) is 7.44. The number of hydrogen-bond donors (Lipinski definition) is 1. The minimum absolute atomic E-state index is 0.557. The molecule has 0 spiro atoms. The van der Waals surface area contributed by atoms with Crippen LogP contribution in [0.4, 0.5) is 5.82 Å². The maximum Gasteiger partial charge on any atom is 0.123 e. The summed E-state index contributed by atoms with van der Waals surface area (Å²) in [6.07, 6.45) is 11.1. The fourth-order valence-electron chi connectivity index (χ4n) is 3.05. The number of hydrogen-bond acceptors (Lipinski definition) is 3. The Balaban J connectivity index is 1.75. The molecule has 3 rings (SSSR count). The maximum atomic E-state index is 5.65. The molecule has 2 aromatic rings. The van der Waals surface area contributed by atoms with E-state index >= 15 is 0 Å². The molecule has 0 radical (unpaired) electrons. The van der Waals surface area contributed by atoms with Gasteiger partial charge in [0.25, 0.3) is 0 Å². The van der Waals surface area contributed by atoms with Gasteiger partial charge in [0.15, 0.2) is 0 Å². The van der Waals surface area contributed by atoms with E-state index in [0.717, 1.165) is 29.6 Å². The third-order valence-electron chi connectivity index (χ3n) is 4.38. The zero-order valence-corrected chi connectivity index (χ0v) is 12.0. The third kappa shape index (κ3) is 2.84. The molecule has 20 heavy (non-hydrogen) atoms. The number of pyridine rings is 1. The van der Waals surface area contributed by atoms with Gasteiger partial charge in [-0.3, -0.25) is 0 Å². The molecule has 0 aromatic carbocycles. The minimum atomic E-state index is 0.557. The van der Waals surface area contributed by atoms with Crippen LogP contribution in [0.25, 0.3) is 11.3 Å². The number of nitrogens with zero attached hydrogens (tertiary/aromatic N) is 3. The van der Waals surface area contributed by atoms with Crippen LogP contribution >= 0.6 is 0 Å². The topological polar surface area (TPSA) is 56.7 Å². The fraction of sp³-hybridized carbons (Fsp3) is 0.500. The summed E-state index contributed by atoms with van der Waals surface area (Å²) >= 11 is 0. The van der Waals surface area contributed by atoms with Crippen LogP contribution in [0.5, 0.6) is 0 Å². The van der Waals surface area contributed by atoms with Gasteiger partial charge in [0.05, 0.1) is 18.2 Å². The minimum Gasteiger partial charge on any atom is -0.384 e. The highest BCUT2D eigenvalue weighted by molar-refractivity contribution is 5.59. The van der Waals surface area contributed by atoms with E-state index < -0.39 is 0 Å². The van der Waals surface area contributed by atoms with E-state index in [2.05, 4.69) is 21.5 Å². The van der Waals surface area contributed by atoms with Crippen LogP contribution < -0.4 is 5.73 Å². The predicted molar refractivity (Wildman–Crippen MR) is 81.0 cm³/mol. The van der Waals surface area contributed by atoms with Crippen LogP contribution in [-0.2, 0) is 6.54 Å². The van der Waals surface area contributed by atoms with Crippen molar-refractivity contribution in [1.82, 2.24) is 14.5 Å². The molecule has 0 saturated heterocycles. The molecule has 1 saturated carbocycles. The monoisotopic (exact) mass is 270 g/mol. The molecule has 1 aliphatic carbocycles. The molecule has 2 heterocycles. The molecule has 2 aromatic heterocycles. The summed E-state index contributed by atoms with van der Waals surface area (Å²) in [4.78, 5) is 8.47. The Morgan fingerprint density at radius 1 is 1.20 bits per heavy atom. The Hall–Kier alpha value is -1.84. The van der Waals surface area contributed by atoms with Crippen molar-refractivity contribution < 1.29 is 0 Å². The van der Waals surface area contributed by atoms with E-state index in [1.54, 1.807) is 0 Å². The number of imidazole rings is 1. The van der Waals surface area contributed by atoms with Crippen LogP contribution in [-0.4, -0.2) is 14.5 Å². The normalized spacial score (nSPS) is 22.9. The van der Waals surface area contributed by atoms with Gasteiger partial charge in [0.1, 0.15) is 5.82 Å². The highest BCUT2D eigenvalue weighted by atomic mass is 15.0. The van der Waals surface area contributed by atoms with Crippen molar-refractivity contribution in [2.75, 3.05) is 5.73 Å². The van der Waals surface area contributed by atoms with Gasteiger partial charge >= 0.3 is 0 Å². The molecular formula is C16H22N4. The van der Waals surface area contributed by atoms with E-state index in [1.165, 1.54) is 25.7 Å². The molecule has 0 unspecified atom stereocenters. The first kappa shape index (κ1) is 13.2. The molecule has 0 amide bonds. The lowest BCUT2D eigenvalue weighted by molar-refractivity contribution is 0.265. The standard InChI is InChI=1S/C16H22N4/c1-12-2-4-13(5-3-12)10-20-11-18-9-15(20)14-6-7-16(17)19-8-14/h6-9,11-13H,2-5,10H2,1H3,(H2,17,19). The van der Waals surface area contributed by atoms with Crippen molar-refractivity contribution in [3.05, 3.63) is 30.9 Å². The molecular weight excluding hydrogens is 248 g/mol. The van der Waals surface area contributed by atoms with Crippen LogP contribution in [0, 0.1) is 11.8 Å². The quantitative estimate of drug-likeness (QED) is 0.930. The number of anilines is 1. The van der Waals surface area contributed by atoms with Crippen molar-refractivity contribution in [3.63, 3.8) is 0 Å².